The van der Waals surface area contributed by atoms with E-state index in [0.717, 1.165) is 41.9 Å². The zero-order valence-electron chi connectivity index (χ0n) is 16.7. The Bertz CT molecular complexity index is 1070. The molecule has 1 atom stereocenters. The topological polar surface area (TPSA) is 54.5 Å². The number of carbonyl (C=O) groups is 1. The summed E-state index contributed by atoms with van der Waals surface area (Å²) >= 11 is 0. The number of likely N-dealkylation sites (tertiary alicyclic amines) is 1. The van der Waals surface area contributed by atoms with Crippen molar-refractivity contribution in [3.8, 4) is 5.75 Å². The summed E-state index contributed by atoms with van der Waals surface area (Å²) < 4.78 is 42.4. The lowest BCUT2D eigenvalue weighted by Crippen LogP contribution is -2.47. The van der Waals surface area contributed by atoms with Crippen LogP contribution >= 0.6 is 0 Å². The van der Waals surface area contributed by atoms with Crippen LogP contribution in [0.25, 0.3) is 10.8 Å². The summed E-state index contributed by atoms with van der Waals surface area (Å²) in [7, 11) is 0. The molecule has 1 N–H and O–H groups in total. The van der Waals surface area contributed by atoms with Gasteiger partial charge in [0.2, 0.25) is 0 Å². The highest BCUT2D eigenvalue weighted by molar-refractivity contribution is 5.97. The average Bonchev–Trinajstić information content (AvgIpc) is 2.77. The Morgan fingerprint density at radius 3 is 2.71 bits per heavy atom. The molecule has 1 saturated heterocycles. The molecule has 3 aromatic rings. The Balaban J connectivity index is 1.53. The molecule has 0 saturated carbocycles. The van der Waals surface area contributed by atoms with E-state index in [0.29, 0.717) is 13.1 Å². The van der Waals surface area contributed by atoms with E-state index in [-0.39, 0.29) is 11.6 Å². The number of piperidine rings is 1. The lowest BCUT2D eigenvalue weighted by Gasteiger charge is -2.36. The number of hydrogen-bond donors (Lipinski definition) is 1. The van der Waals surface area contributed by atoms with Gasteiger partial charge in [0.05, 0.1) is 5.56 Å². The minimum absolute atomic E-state index is 0.0880. The number of alkyl halides is 3. The number of nitrogens with zero attached hydrogens (tertiary/aromatic N) is 2. The Kier molecular flexibility index (Phi) is 5.97. The van der Waals surface area contributed by atoms with Crippen LogP contribution in [0.1, 0.15) is 29.6 Å². The van der Waals surface area contributed by atoms with Crippen molar-refractivity contribution >= 4 is 22.5 Å². The standard InChI is InChI=1S/C23H22F3N3O2/c24-23(25,26)31-20-11-4-3-10-19(20)22(30)29-14-6-5-8-17(29)15-28-21-18-9-2-1-7-16(18)12-13-27-21/h1-4,7,9-13,17H,5-6,8,14-15H2,(H,27,28). The number of para-hydroxylation sites is 1. The molecule has 1 amide bonds. The molecule has 31 heavy (non-hydrogen) atoms. The molecule has 5 nitrogen and oxygen atoms in total. The Hall–Kier alpha value is -3.29. The average molecular weight is 429 g/mol. The van der Waals surface area contributed by atoms with Crippen molar-refractivity contribution in [3.05, 3.63) is 66.4 Å². The lowest BCUT2D eigenvalue weighted by molar-refractivity contribution is -0.274. The van der Waals surface area contributed by atoms with Crippen LogP contribution in [0.4, 0.5) is 19.0 Å². The van der Waals surface area contributed by atoms with E-state index in [4.69, 9.17) is 0 Å². The molecule has 1 fully saturated rings. The van der Waals surface area contributed by atoms with Crippen molar-refractivity contribution in [2.24, 2.45) is 0 Å². The summed E-state index contributed by atoms with van der Waals surface area (Å²) in [6.07, 6.45) is -0.638. The molecule has 2 heterocycles. The van der Waals surface area contributed by atoms with Crippen molar-refractivity contribution in [2.45, 2.75) is 31.7 Å². The van der Waals surface area contributed by atoms with Crippen LogP contribution in [0.2, 0.25) is 0 Å². The summed E-state index contributed by atoms with van der Waals surface area (Å²) in [5, 5.41) is 5.36. The van der Waals surface area contributed by atoms with Gasteiger partial charge in [-0.3, -0.25) is 4.79 Å². The summed E-state index contributed by atoms with van der Waals surface area (Å²) in [4.78, 5) is 19.2. The van der Waals surface area contributed by atoms with Gasteiger partial charge in [0, 0.05) is 30.7 Å². The van der Waals surface area contributed by atoms with E-state index in [1.165, 1.54) is 18.2 Å². The van der Waals surface area contributed by atoms with Crippen LogP contribution in [0, 0.1) is 0 Å². The maximum atomic E-state index is 13.2. The molecule has 0 spiro atoms. The Morgan fingerprint density at radius 2 is 1.87 bits per heavy atom. The quantitative estimate of drug-likeness (QED) is 0.603. The molecular weight excluding hydrogens is 407 g/mol. The second kappa shape index (κ2) is 8.83. The molecule has 8 heteroatoms. The van der Waals surface area contributed by atoms with Gasteiger partial charge in [-0.15, -0.1) is 13.2 Å². The summed E-state index contributed by atoms with van der Waals surface area (Å²) in [6, 6.07) is 15.1. The first-order chi connectivity index (χ1) is 14.9. The van der Waals surface area contributed by atoms with Gasteiger partial charge in [0.25, 0.3) is 5.91 Å². The van der Waals surface area contributed by atoms with Gasteiger partial charge in [0.15, 0.2) is 0 Å². The Labute approximate surface area is 177 Å². The summed E-state index contributed by atoms with van der Waals surface area (Å²) in [5.74, 6) is -0.220. The van der Waals surface area contributed by atoms with Gasteiger partial charge in [-0.1, -0.05) is 36.4 Å². The van der Waals surface area contributed by atoms with E-state index in [9.17, 15) is 18.0 Å². The van der Waals surface area contributed by atoms with Gasteiger partial charge in [-0.25, -0.2) is 4.98 Å². The molecule has 1 aliphatic heterocycles. The third kappa shape index (κ3) is 4.90. The van der Waals surface area contributed by atoms with E-state index < -0.39 is 18.0 Å². The van der Waals surface area contributed by atoms with Crippen LogP contribution in [-0.4, -0.2) is 41.3 Å². The number of nitrogens with one attached hydrogen (secondary N) is 1. The van der Waals surface area contributed by atoms with Crippen molar-refractivity contribution in [1.82, 2.24) is 9.88 Å². The van der Waals surface area contributed by atoms with Gasteiger partial charge >= 0.3 is 6.36 Å². The number of hydrogen-bond acceptors (Lipinski definition) is 4. The number of carbonyl (C=O) groups excluding carboxylic acids is 1. The normalized spacial score (nSPS) is 16.9. The Morgan fingerprint density at radius 1 is 1.10 bits per heavy atom. The zero-order valence-corrected chi connectivity index (χ0v) is 16.7. The highest BCUT2D eigenvalue weighted by atomic mass is 19.4. The molecule has 2 aromatic carbocycles. The minimum atomic E-state index is -4.86. The molecule has 1 unspecified atom stereocenters. The van der Waals surface area contributed by atoms with Crippen LogP contribution in [0.15, 0.2) is 60.8 Å². The number of anilines is 1. The highest BCUT2D eigenvalue weighted by Gasteiger charge is 2.35. The van der Waals surface area contributed by atoms with Crippen molar-refractivity contribution < 1.29 is 22.7 Å². The molecule has 1 aliphatic rings. The van der Waals surface area contributed by atoms with E-state index in [2.05, 4.69) is 15.0 Å². The summed E-state index contributed by atoms with van der Waals surface area (Å²) in [5.41, 5.74) is -0.0880. The first-order valence-electron chi connectivity index (χ1n) is 10.2. The monoisotopic (exact) mass is 429 g/mol. The minimum Gasteiger partial charge on any atom is -0.405 e. The molecular formula is C23H22F3N3O2. The fourth-order valence-electron chi connectivity index (χ4n) is 3.97. The molecule has 162 valence electrons. The largest absolute Gasteiger partial charge is 0.573 e. The first kappa shape index (κ1) is 21.0. The van der Waals surface area contributed by atoms with Gasteiger partial charge in [0.1, 0.15) is 11.6 Å². The fraction of sp³-hybridized carbons (Fsp3) is 0.304. The predicted octanol–water partition coefficient (Wildman–Crippen LogP) is 5.24. The van der Waals surface area contributed by atoms with E-state index in [1.807, 2.05) is 30.3 Å². The predicted molar refractivity (Wildman–Crippen MR) is 112 cm³/mol. The number of halogens is 3. The second-order valence-electron chi connectivity index (χ2n) is 7.45. The maximum Gasteiger partial charge on any atom is 0.573 e. The SMILES string of the molecule is O=C(c1ccccc1OC(F)(F)F)N1CCCCC1CNc1nccc2ccccc12. The molecule has 0 bridgehead atoms. The number of benzene rings is 2. The van der Waals surface area contributed by atoms with Crippen molar-refractivity contribution in [3.63, 3.8) is 0 Å². The maximum absolute atomic E-state index is 13.2. The highest BCUT2D eigenvalue weighted by Crippen LogP contribution is 2.29. The van der Waals surface area contributed by atoms with Gasteiger partial charge in [-0.2, -0.15) is 0 Å². The molecule has 0 aliphatic carbocycles. The number of fused-ring (bicyclic) bond motifs is 1. The van der Waals surface area contributed by atoms with Crippen molar-refractivity contribution in [1.29, 1.82) is 0 Å². The second-order valence-corrected chi connectivity index (χ2v) is 7.45. The smallest absolute Gasteiger partial charge is 0.405 e. The van der Waals surface area contributed by atoms with Crippen LogP contribution in [-0.2, 0) is 0 Å². The molecule has 4 rings (SSSR count). The first-order valence-corrected chi connectivity index (χ1v) is 10.2. The van der Waals surface area contributed by atoms with Crippen LogP contribution in [0.5, 0.6) is 5.75 Å². The fourth-order valence-corrected chi connectivity index (χ4v) is 3.97. The van der Waals surface area contributed by atoms with E-state index >= 15 is 0 Å². The van der Waals surface area contributed by atoms with Crippen LogP contribution < -0.4 is 10.1 Å². The van der Waals surface area contributed by atoms with Gasteiger partial charge in [-0.05, 0) is 42.8 Å². The summed E-state index contributed by atoms with van der Waals surface area (Å²) in [6.45, 7) is 0.934. The van der Waals surface area contributed by atoms with Crippen molar-refractivity contribution in [2.75, 3.05) is 18.4 Å². The number of rotatable bonds is 5. The third-order valence-electron chi connectivity index (χ3n) is 5.41. The number of ether oxygens (including phenoxy) is 1. The van der Waals surface area contributed by atoms with E-state index in [1.54, 1.807) is 11.1 Å². The number of amides is 1. The molecule has 0 radical (unpaired) electrons. The zero-order chi connectivity index (χ0) is 21.8. The lowest BCUT2D eigenvalue weighted by atomic mass is 10.00. The van der Waals surface area contributed by atoms with Gasteiger partial charge < -0.3 is 15.0 Å². The molecule has 1 aromatic heterocycles. The number of pyridine rings is 1. The van der Waals surface area contributed by atoms with Crippen LogP contribution in [0.3, 0.4) is 0 Å². The number of aromatic nitrogens is 1. The third-order valence-corrected chi connectivity index (χ3v) is 5.41.